The van der Waals surface area contributed by atoms with Gasteiger partial charge in [0, 0.05) is 33.9 Å². The van der Waals surface area contributed by atoms with Gasteiger partial charge in [0.1, 0.15) is 6.61 Å². The Kier molecular flexibility index (Phi) is 7.29. The van der Waals surface area contributed by atoms with Crippen molar-refractivity contribution in [2.45, 2.75) is 52.6 Å². The molecule has 0 unspecified atom stereocenters. The number of nitrogens with one attached hydrogen (secondary N) is 2. The minimum absolute atomic E-state index is 0.121. The summed E-state index contributed by atoms with van der Waals surface area (Å²) in [6.07, 6.45) is 1.23. The molecule has 36 heavy (non-hydrogen) atoms. The molecule has 0 radical (unpaired) electrons. The number of anilines is 1. The molecule has 8 heteroatoms. The molecule has 1 aromatic heterocycles. The second-order valence-electron chi connectivity index (χ2n) is 10.7. The van der Waals surface area contributed by atoms with E-state index in [4.69, 9.17) is 10.5 Å². The van der Waals surface area contributed by atoms with E-state index < -0.39 is 29.0 Å². The molecule has 0 spiro atoms. The lowest BCUT2D eigenvalue weighted by Crippen LogP contribution is -2.56. The molecular weight excluding hydrogens is 456 g/mol. The molecule has 4 N–H and O–H groups in total. The van der Waals surface area contributed by atoms with Gasteiger partial charge in [-0.05, 0) is 76.9 Å². The molecule has 0 aliphatic carbocycles. The van der Waals surface area contributed by atoms with E-state index in [0.29, 0.717) is 16.8 Å². The van der Waals surface area contributed by atoms with Crippen LogP contribution in [-0.4, -0.2) is 45.5 Å². The third kappa shape index (κ3) is 5.76. The first-order valence-corrected chi connectivity index (χ1v) is 11.7. The van der Waals surface area contributed by atoms with Crippen molar-refractivity contribution in [2.75, 3.05) is 11.9 Å². The topological polar surface area (TPSA) is 118 Å². The monoisotopic (exact) mass is 490 g/mol. The number of carbonyl (C=O) groups excluding carboxylic acids is 3. The minimum Gasteiger partial charge on any atom is -0.444 e. The predicted octanol–water partition coefficient (Wildman–Crippen LogP) is 5.46. The molecular formula is C28H34N4O4. The molecule has 1 heterocycles. The van der Waals surface area contributed by atoms with Gasteiger partial charge in [0.05, 0.1) is 11.1 Å². The van der Waals surface area contributed by atoms with E-state index in [0.717, 1.165) is 16.5 Å². The molecule has 3 rings (SSSR count). The van der Waals surface area contributed by atoms with Crippen LogP contribution in [-0.2, 0) is 9.53 Å². The highest BCUT2D eigenvalue weighted by Crippen LogP contribution is 2.32. The molecule has 0 atom stereocenters. The Morgan fingerprint density at radius 3 is 2.31 bits per heavy atom. The number of nitrogens with zero attached hydrogens (tertiary/aromatic N) is 1. The van der Waals surface area contributed by atoms with Crippen LogP contribution in [0.4, 0.5) is 10.5 Å². The van der Waals surface area contributed by atoms with Crippen LogP contribution in [0, 0.1) is 0 Å². The first-order valence-electron chi connectivity index (χ1n) is 11.7. The highest BCUT2D eigenvalue weighted by molar-refractivity contribution is 6.09. The number of amides is 3. The van der Waals surface area contributed by atoms with Gasteiger partial charge in [0.25, 0.3) is 11.8 Å². The van der Waals surface area contributed by atoms with Crippen LogP contribution < -0.4 is 11.1 Å². The molecule has 0 fully saturated rings. The molecule has 0 aliphatic heterocycles. The second-order valence-corrected chi connectivity index (χ2v) is 10.7. The number of H-pyrrole nitrogens is 1. The van der Waals surface area contributed by atoms with Gasteiger partial charge < -0.3 is 20.8 Å². The quantitative estimate of drug-likeness (QED) is 0.397. The number of primary amides is 1. The van der Waals surface area contributed by atoms with Crippen molar-refractivity contribution in [3.05, 3.63) is 66.4 Å². The molecule has 0 bridgehead atoms. The van der Waals surface area contributed by atoms with Crippen LogP contribution in [0.15, 0.2) is 60.8 Å². The largest absolute Gasteiger partial charge is 0.444 e. The summed E-state index contributed by atoms with van der Waals surface area (Å²) in [6.45, 7) is 15.1. The Balaban J connectivity index is 1.72. The lowest BCUT2D eigenvalue weighted by Gasteiger charge is -2.44. The van der Waals surface area contributed by atoms with Gasteiger partial charge >= 0.3 is 6.09 Å². The summed E-state index contributed by atoms with van der Waals surface area (Å²) in [4.78, 5) is 42.0. The maximum atomic E-state index is 12.8. The van der Waals surface area contributed by atoms with E-state index in [1.807, 2.05) is 71.9 Å². The number of nitrogens with two attached hydrogens (primary N) is 1. The highest BCUT2D eigenvalue weighted by atomic mass is 16.6. The Morgan fingerprint density at radius 2 is 1.69 bits per heavy atom. The maximum absolute atomic E-state index is 12.8. The lowest BCUT2D eigenvalue weighted by molar-refractivity contribution is -0.113. The third-order valence-electron chi connectivity index (χ3n) is 5.64. The molecule has 190 valence electrons. The fourth-order valence-corrected chi connectivity index (χ4v) is 4.43. The average Bonchev–Trinajstić information content (AvgIpc) is 3.24. The number of ether oxygens (including phenoxy) is 1. The van der Waals surface area contributed by atoms with E-state index >= 15 is 0 Å². The first-order chi connectivity index (χ1) is 16.7. The SMILES string of the molecule is C=C(COC(=O)N(C(C)(C)C)C(C)(C)C)C(=O)Nc1cccc(-c2ccc(C(N)=O)c3[nH]ccc23)c1. The molecule has 2 aromatic carbocycles. The van der Waals surface area contributed by atoms with E-state index in [-0.39, 0.29) is 12.2 Å². The summed E-state index contributed by atoms with van der Waals surface area (Å²) in [5, 5.41) is 3.65. The third-order valence-corrected chi connectivity index (χ3v) is 5.64. The number of rotatable bonds is 6. The zero-order valence-electron chi connectivity index (χ0n) is 21.7. The van der Waals surface area contributed by atoms with Crippen molar-refractivity contribution in [3.63, 3.8) is 0 Å². The Labute approximate surface area is 211 Å². The van der Waals surface area contributed by atoms with Crippen LogP contribution in [0.2, 0.25) is 0 Å². The molecule has 3 amide bonds. The van der Waals surface area contributed by atoms with Crippen LogP contribution >= 0.6 is 0 Å². The van der Waals surface area contributed by atoms with Crippen LogP contribution in [0.25, 0.3) is 22.0 Å². The van der Waals surface area contributed by atoms with Gasteiger partial charge in [0.2, 0.25) is 0 Å². The van der Waals surface area contributed by atoms with Gasteiger partial charge in [-0.15, -0.1) is 0 Å². The molecule has 0 saturated carbocycles. The summed E-state index contributed by atoms with van der Waals surface area (Å²) in [5.74, 6) is -0.962. The standard InChI is InChI=1S/C28H34N4O4/c1-17(16-36-26(35)32(27(2,3)4)28(5,6)7)25(34)31-19-10-8-9-18(15-19)20-11-12-22(24(29)33)23-21(20)13-14-30-23/h8-15,30H,1,16H2,2-7H3,(H2,29,33)(H,31,34). The smallest absolute Gasteiger partial charge is 0.410 e. The maximum Gasteiger partial charge on any atom is 0.410 e. The molecule has 0 aliphatic rings. The molecule has 0 saturated heterocycles. The zero-order valence-corrected chi connectivity index (χ0v) is 21.7. The van der Waals surface area contributed by atoms with Gasteiger partial charge in [-0.25, -0.2) is 4.79 Å². The number of aromatic nitrogens is 1. The summed E-state index contributed by atoms with van der Waals surface area (Å²) in [6, 6.07) is 12.7. The van der Waals surface area contributed by atoms with Gasteiger partial charge in [-0.3, -0.25) is 14.5 Å². The van der Waals surface area contributed by atoms with Crippen LogP contribution in [0.5, 0.6) is 0 Å². The van der Waals surface area contributed by atoms with Crippen molar-refractivity contribution < 1.29 is 19.1 Å². The zero-order chi connectivity index (χ0) is 26.8. The second kappa shape index (κ2) is 9.89. The average molecular weight is 491 g/mol. The number of benzene rings is 2. The van der Waals surface area contributed by atoms with Gasteiger partial charge in [0.15, 0.2) is 0 Å². The van der Waals surface area contributed by atoms with Gasteiger partial charge in [-0.2, -0.15) is 0 Å². The number of fused-ring (bicyclic) bond motifs is 1. The van der Waals surface area contributed by atoms with Crippen molar-refractivity contribution >= 4 is 34.5 Å². The van der Waals surface area contributed by atoms with Crippen molar-refractivity contribution in [3.8, 4) is 11.1 Å². The summed E-state index contributed by atoms with van der Waals surface area (Å²) < 4.78 is 5.43. The van der Waals surface area contributed by atoms with E-state index in [9.17, 15) is 14.4 Å². The summed E-state index contributed by atoms with van der Waals surface area (Å²) >= 11 is 0. The number of carbonyl (C=O) groups is 3. The summed E-state index contributed by atoms with van der Waals surface area (Å²) in [5.41, 5.74) is 8.03. The Hall–Kier alpha value is -4.07. The number of aromatic amines is 1. The Bertz CT molecular complexity index is 1310. The molecule has 8 nitrogen and oxygen atoms in total. The molecule has 3 aromatic rings. The van der Waals surface area contributed by atoms with Crippen LogP contribution in [0.3, 0.4) is 0 Å². The predicted molar refractivity (Wildman–Crippen MR) is 143 cm³/mol. The van der Waals surface area contributed by atoms with E-state index in [2.05, 4.69) is 16.9 Å². The lowest BCUT2D eigenvalue weighted by atomic mass is 9.97. The number of hydrogen-bond acceptors (Lipinski definition) is 4. The summed E-state index contributed by atoms with van der Waals surface area (Å²) in [7, 11) is 0. The fourth-order valence-electron chi connectivity index (χ4n) is 4.43. The first kappa shape index (κ1) is 26.5. The Morgan fingerprint density at radius 1 is 1.03 bits per heavy atom. The fraction of sp³-hybridized carbons (Fsp3) is 0.321. The number of hydrogen-bond donors (Lipinski definition) is 3. The van der Waals surface area contributed by atoms with Crippen molar-refractivity contribution in [2.24, 2.45) is 5.73 Å². The van der Waals surface area contributed by atoms with Crippen molar-refractivity contribution in [1.82, 2.24) is 9.88 Å². The normalized spacial score (nSPS) is 11.7. The van der Waals surface area contributed by atoms with E-state index in [1.54, 1.807) is 23.2 Å². The minimum atomic E-state index is -0.513. The van der Waals surface area contributed by atoms with Gasteiger partial charge in [-0.1, -0.05) is 24.8 Å². The highest BCUT2D eigenvalue weighted by Gasteiger charge is 2.37. The van der Waals surface area contributed by atoms with E-state index in [1.165, 1.54) is 0 Å². The van der Waals surface area contributed by atoms with Crippen LogP contribution in [0.1, 0.15) is 51.9 Å². The van der Waals surface area contributed by atoms with Crippen molar-refractivity contribution in [1.29, 1.82) is 0 Å².